The molecule has 14 unspecified atom stereocenters. The van der Waals surface area contributed by atoms with Gasteiger partial charge in [-0.2, -0.15) is 0 Å². The van der Waals surface area contributed by atoms with Crippen LogP contribution in [-0.4, -0.2) is 76.5 Å². The third-order valence-corrected chi connectivity index (χ3v) is 16.3. The van der Waals surface area contributed by atoms with Crippen LogP contribution in [0.15, 0.2) is 42.0 Å². The zero-order valence-electron chi connectivity index (χ0n) is 31.9. The van der Waals surface area contributed by atoms with Crippen LogP contribution >= 0.6 is 0 Å². The fourth-order valence-corrected chi connectivity index (χ4v) is 13.4. The van der Waals surface area contributed by atoms with Crippen molar-refractivity contribution in [3.63, 3.8) is 0 Å². The molecule has 10 rings (SSSR count). The summed E-state index contributed by atoms with van der Waals surface area (Å²) in [6, 6.07) is 10.4. The summed E-state index contributed by atoms with van der Waals surface area (Å²) in [7, 11) is 0. The molecule has 9 aliphatic rings. The van der Waals surface area contributed by atoms with Gasteiger partial charge in [0, 0.05) is 11.3 Å². The van der Waals surface area contributed by atoms with E-state index < -0.39 is 28.8 Å². The highest BCUT2D eigenvalue weighted by Gasteiger charge is 2.74. The maximum atomic E-state index is 14.6. The summed E-state index contributed by atoms with van der Waals surface area (Å²) in [4.78, 5) is 14.6. The number of fused-ring (bicyclic) bond motifs is 2. The minimum Gasteiger partial charge on any atom is -0.394 e. The molecule has 0 amide bonds. The first kappa shape index (κ1) is 36.9. The largest absolute Gasteiger partial charge is 0.394 e. The monoisotopic (exact) mass is 714 g/mol. The Morgan fingerprint density at radius 2 is 1.75 bits per heavy atom. The zero-order chi connectivity index (χ0) is 36.5. The number of rotatable bonds is 6. The maximum absolute atomic E-state index is 14.6. The van der Waals surface area contributed by atoms with E-state index >= 15 is 0 Å². The Morgan fingerprint density at radius 3 is 2.48 bits per heavy atom. The van der Waals surface area contributed by atoms with Crippen LogP contribution in [0.3, 0.4) is 0 Å². The lowest BCUT2D eigenvalue weighted by atomic mass is 9.42. The van der Waals surface area contributed by atoms with E-state index in [1.165, 1.54) is 6.42 Å². The second-order valence-electron chi connectivity index (χ2n) is 18.5. The lowest BCUT2D eigenvalue weighted by Gasteiger charge is -2.65. The minimum absolute atomic E-state index is 0.0246. The summed E-state index contributed by atoms with van der Waals surface area (Å²) in [6.07, 6.45) is 11.4. The average Bonchev–Trinajstić information content (AvgIpc) is 3.66. The Bertz CT molecular complexity index is 1570. The molecule has 7 nitrogen and oxygen atoms in total. The van der Waals surface area contributed by atoms with Gasteiger partial charge in [0.2, 0.25) is 0 Å². The normalized spacial score (nSPS) is 45.3. The number of allylic oxidation sites excluding steroid dienone is 1. The van der Waals surface area contributed by atoms with Gasteiger partial charge in [0.25, 0.3) is 0 Å². The summed E-state index contributed by atoms with van der Waals surface area (Å²) in [5.74, 6) is 7.30. The number of aliphatic hydroxyl groups excluding tert-OH is 2. The Labute approximate surface area is 311 Å². The molecule has 5 aliphatic carbocycles. The predicted octanol–water partition coefficient (Wildman–Crippen LogP) is 6.77. The number of benzene rings is 1. The van der Waals surface area contributed by atoms with Crippen LogP contribution < -0.4 is 0 Å². The molecular formula is C45H62O7. The highest BCUT2D eigenvalue weighted by molar-refractivity contribution is 5.95. The second-order valence-corrected chi connectivity index (χ2v) is 18.5. The van der Waals surface area contributed by atoms with Crippen LogP contribution in [0.25, 0.3) is 0 Å². The lowest BCUT2D eigenvalue weighted by Crippen LogP contribution is -2.67. The molecule has 0 aromatic heterocycles. The van der Waals surface area contributed by atoms with Crippen LogP contribution in [0.4, 0.5) is 0 Å². The van der Waals surface area contributed by atoms with Crippen molar-refractivity contribution in [2.45, 2.75) is 146 Å². The van der Waals surface area contributed by atoms with E-state index in [1.54, 1.807) is 0 Å². The van der Waals surface area contributed by atoms with Gasteiger partial charge >= 0.3 is 0 Å². The van der Waals surface area contributed by atoms with Gasteiger partial charge in [0.05, 0.1) is 48.6 Å². The maximum Gasteiger partial charge on any atom is 0.159 e. The van der Waals surface area contributed by atoms with E-state index in [4.69, 9.17) is 14.2 Å². The molecule has 4 saturated carbocycles. The molecular weight excluding hydrogens is 652 g/mol. The quantitative estimate of drug-likeness (QED) is 0.280. The summed E-state index contributed by atoms with van der Waals surface area (Å²) < 4.78 is 20.4. The average molecular weight is 715 g/mol. The lowest BCUT2D eigenvalue weighted by molar-refractivity contribution is -0.225. The smallest absolute Gasteiger partial charge is 0.159 e. The van der Waals surface area contributed by atoms with Crippen molar-refractivity contribution in [2.24, 2.45) is 46.3 Å². The molecule has 14 atom stereocenters. The highest BCUT2D eigenvalue weighted by Crippen LogP contribution is 2.73. The SMILES string of the molecule is CC1C(CO)OC(C(O)C(C)(O)C2CCC34OCC#CC(c5ccccc5)COC5CCC6(C)C(C5)C(=O)C=C3C6CCC24C2CCCCC2)C1C. The van der Waals surface area contributed by atoms with Gasteiger partial charge in [-0.05, 0) is 117 Å². The molecule has 6 bridgehead atoms. The van der Waals surface area contributed by atoms with Crippen molar-refractivity contribution >= 4 is 5.78 Å². The first-order valence-corrected chi connectivity index (χ1v) is 20.7. The van der Waals surface area contributed by atoms with E-state index in [1.807, 2.05) is 19.1 Å². The van der Waals surface area contributed by atoms with Gasteiger partial charge in [-0.25, -0.2) is 0 Å². The number of carbonyl (C=O) groups is 1. The van der Waals surface area contributed by atoms with Gasteiger partial charge in [0.15, 0.2) is 5.78 Å². The predicted molar refractivity (Wildman–Crippen MR) is 199 cm³/mol. The standard InChI is InChI=1S/C45H62O7/c1-28-29(2)40(52-38(28)26-46)41(48)43(4,49)39-19-22-45-35-25-37(47)36-24-33(50-27-31(14-11-23-51-45)30-12-7-5-8-13-30)17-20-42(36,3)34(35)18-21-44(39,45)32-15-9-6-10-16-32/h5,7-8,12-13,25,28-29,31-34,36,38-41,46,48-49H,6,9-10,15-24,26-27H2,1-4H3. The summed E-state index contributed by atoms with van der Waals surface area (Å²) >= 11 is 0. The van der Waals surface area contributed by atoms with Crippen LogP contribution in [-0.2, 0) is 19.0 Å². The van der Waals surface area contributed by atoms with Crippen molar-refractivity contribution in [1.82, 2.24) is 0 Å². The summed E-state index contributed by atoms with van der Waals surface area (Å²) in [5.41, 5.74) is -0.642. The van der Waals surface area contributed by atoms with Crippen LogP contribution in [0, 0.1) is 58.2 Å². The number of ether oxygens (including phenoxy) is 3. The van der Waals surface area contributed by atoms with Crippen molar-refractivity contribution < 1.29 is 34.3 Å². The third kappa shape index (κ3) is 5.55. The van der Waals surface area contributed by atoms with E-state index in [9.17, 15) is 20.1 Å². The molecule has 4 heterocycles. The number of carbonyl (C=O) groups excluding carboxylic acids is 1. The molecule has 1 saturated heterocycles. The van der Waals surface area contributed by atoms with E-state index in [0.29, 0.717) is 19.4 Å². The van der Waals surface area contributed by atoms with Crippen molar-refractivity contribution in [2.75, 3.05) is 19.8 Å². The van der Waals surface area contributed by atoms with Gasteiger partial charge < -0.3 is 29.5 Å². The molecule has 1 spiro atoms. The molecule has 7 heteroatoms. The van der Waals surface area contributed by atoms with Gasteiger partial charge in [0.1, 0.15) is 12.7 Å². The first-order chi connectivity index (χ1) is 25.0. The fourth-order valence-electron chi connectivity index (χ4n) is 13.4. The van der Waals surface area contributed by atoms with Crippen molar-refractivity contribution in [1.29, 1.82) is 0 Å². The third-order valence-electron chi connectivity index (χ3n) is 16.3. The number of hydrogen-bond donors (Lipinski definition) is 3. The van der Waals surface area contributed by atoms with E-state index in [2.05, 4.69) is 56.9 Å². The number of ketones is 1. The minimum atomic E-state index is -1.48. The fraction of sp³-hybridized carbons (Fsp3) is 0.756. The Balaban J connectivity index is 1.26. The van der Waals surface area contributed by atoms with Crippen LogP contribution in [0.2, 0.25) is 0 Å². The molecule has 1 aromatic carbocycles. The summed E-state index contributed by atoms with van der Waals surface area (Å²) in [5, 5.41) is 35.4. The van der Waals surface area contributed by atoms with Gasteiger partial charge in [-0.3, -0.25) is 4.79 Å². The Morgan fingerprint density at radius 1 is 0.981 bits per heavy atom. The first-order valence-electron chi connectivity index (χ1n) is 20.7. The van der Waals surface area contributed by atoms with Gasteiger partial charge in [-0.15, -0.1) is 0 Å². The molecule has 284 valence electrons. The molecule has 5 fully saturated rings. The molecule has 3 N–H and O–H groups in total. The van der Waals surface area contributed by atoms with Gasteiger partial charge in [-0.1, -0.05) is 82.2 Å². The topological polar surface area (TPSA) is 105 Å². The second kappa shape index (κ2) is 13.9. The zero-order valence-corrected chi connectivity index (χ0v) is 31.9. The molecule has 4 aliphatic heterocycles. The van der Waals surface area contributed by atoms with E-state index in [-0.39, 0.29) is 78.0 Å². The Kier molecular flexibility index (Phi) is 9.87. The Hall–Kier alpha value is -2.05. The van der Waals surface area contributed by atoms with Crippen molar-refractivity contribution in [3.05, 3.63) is 47.5 Å². The van der Waals surface area contributed by atoms with Crippen LogP contribution in [0.5, 0.6) is 0 Å². The van der Waals surface area contributed by atoms with E-state index in [0.717, 1.165) is 68.9 Å². The molecule has 1 aromatic rings. The summed E-state index contributed by atoms with van der Waals surface area (Å²) in [6.45, 7) is 8.96. The molecule has 52 heavy (non-hydrogen) atoms. The number of hydrogen-bond acceptors (Lipinski definition) is 7. The van der Waals surface area contributed by atoms with Crippen molar-refractivity contribution in [3.8, 4) is 11.8 Å². The molecule has 0 radical (unpaired) electrons. The van der Waals surface area contributed by atoms with Crippen LogP contribution in [0.1, 0.15) is 116 Å². The highest BCUT2D eigenvalue weighted by atomic mass is 16.5. The number of aliphatic hydroxyl groups is 3.